The maximum absolute atomic E-state index is 14.1. The van der Waals surface area contributed by atoms with Crippen molar-refractivity contribution in [2.75, 3.05) is 11.0 Å². The first-order valence-electron chi connectivity index (χ1n) is 10.7. The fourth-order valence-corrected chi connectivity index (χ4v) is 4.69. The van der Waals surface area contributed by atoms with Gasteiger partial charge in [-0.2, -0.15) is 0 Å². The molecule has 176 valence electrons. The molecule has 0 radical (unpaired) electrons. The maximum Gasteiger partial charge on any atom is 0.407 e. The number of sulfonamides is 1. The number of rotatable bonds is 6. The van der Waals surface area contributed by atoms with Gasteiger partial charge in [-0.15, -0.1) is 0 Å². The Bertz CT molecular complexity index is 1150. The van der Waals surface area contributed by atoms with Crippen LogP contribution in [0.4, 0.5) is 14.9 Å². The van der Waals surface area contributed by atoms with E-state index in [9.17, 15) is 17.6 Å². The van der Waals surface area contributed by atoms with Crippen molar-refractivity contribution >= 4 is 27.5 Å². The fourth-order valence-electron chi connectivity index (χ4n) is 4.13. The average Bonchev–Trinajstić information content (AvgIpc) is 3.19. The number of nitrogens with one attached hydrogen (secondary N) is 2. The summed E-state index contributed by atoms with van der Waals surface area (Å²) in [4.78, 5) is 18.0. The molecule has 8 nitrogen and oxygen atoms in total. The SMILES string of the molecule is CS(=O)(=O)Nc1ccc(CNC(=O)O[C@H]2CC[C@]3(CC2)CC(c2ccccc2)=NO3)cc1F. The van der Waals surface area contributed by atoms with E-state index >= 15 is 0 Å². The normalized spacial score (nSPS) is 22.4. The molecule has 0 unspecified atom stereocenters. The van der Waals surface area contributed by atoms with Crippen molar-refractivity contribution in [2.24, 2.45) is 5.16 Å². The van der Waals surface area contributed by atoms with Gasteiger partial charge in [0.25, 0.3) is 0 Å². The van der Waals surface area contributed by atoms with E-state index in [4.69, 9.17) is 9.57 Å². The smallest absolute Gasteiger partial charge is 0.407 e. The molecule has 1 aliphatic heterocycles. The highest BCUT2D eigenvalue weighted by Gasteiger charge is 2.43. The van der Waals surface area contributed by atoms with Gasteiger partial charge in [0, 0.05) is 13.0 Å². The van der Waals surface area contributed by atoms with E-state index < -0.39 is 21.9 Å². The van der Waals surface area contributed by atoms with E-state index in [0.717, 1.165) is 36.8 Å². The number of hydrogen-bond acceptors (Lipinski definition) is 6. The van der Waals surface area contributed by atoms with E-state index in [1.807, 2.05) is 30.3 Å². The van der Waals surface area contributed by atoms with Crippen LogP contribution in [0.15, 0.2) is 53.7 Å². The number of halogens is 1. The first kappa shape index (κ1) is 23.0. The standard InChI is InChI=1S/C23H26FN3O5S/c1-33(29,30)27-20-8-7-16(13-19(20)24)15-25-22(28)31-18-9-11-23(12-10-18)14-21(26-32-23)17-5-3-2-4-6-17/h2-8,13,18,27H,9-12,14-15H2,1H3,(H,25,28)/t18-,23-. The van der Waals surface area contributed by atoms with Crippen LogP contribution in [-0.2, 0) is 26.1 Å². The number of carbonyl (C=O) groups excluding carboxylic acids is 1. The number of amides is 1. The van der Waals surface area contributed by atoms with E-state index in [2.05, 4.69) is 15.2 Å². The Morgan fingerprint density at radius 1 is 1.21 bits per heavy atom. The number of benzene rings is 2. The Labute approximate surface area is 192 Å². The summed E-state index contributed by atoms with van der Waals surface area (Å²) in [6, 6.07) is 14.0. The second-order valence-electron chi connectivity index (χ2n) is 8.50. The van der Waals surface area contributed by atoms with Crippen molar-refractivity contribution in [3.63, 3.8) is 0 Å². The predicted molar refractivity (Wildman–Crippen MR) is 122 cm³/mol. The van der Waals surface area contributed by atoms with Gasteiger partial charge in [-0.25, -0.2) is 17.6 Å². The molecule has 1 aliphatic carbocycles. The topological polar surface area (TPSA) is 106 Å². The summed E-state index contributed by atoms with van der Waals surface area (Å²) >= 11 is 0. The lowest BCUT2D eigenvalue weighted by Crippen LogP contribution is -2.39. The highest BCUT2D eigenvalue weighted by atomic mass is 32.2. The van der Waals surface area contributed by atoms with Crippen molar-refractivity contribution in [1.29, 1.82) is 0 Å². The first-order valence-corrected chi connectivity index (χ1v) is 12.6. The van der Waals surface area contributed by atoms with Gasteiger partial charge in [-0.1, -0.05) is 41.6 Å². The van der Waals surface area contributed by atoms with Crippen LogP contribution in [-0.4, -0.2) is 38.2 Å². The monoisotopic (exact) mass is 475 g/mol. The third-order valence-corrected chi connectivity index (χ3v) is 6.42. The van der Waals surface area contributed by atoms with Crippen LogP contribution in [0.5, 0.6) is 0 Å². The quantitative estimate of drug-likeness (QED) is 0.659. The summed E-state index contributed by atoms with van der Waals surface area (Å²) in [5.74, 6) is -0.723. The molecular weight excluding hydrogens is 449 g/mol. The molecule has 0 aromatic heterocycles. The zero-order valence-corrected chi connectivity index (χ0v) is 19.0. The highest BCUT2D eigenvalue weighted by Crippen LogP contribution is 2.40. The molecule has 0 bridgehead atoms. The van der Waals surface area contributed by atoms with Crippen LogP contribution in [0, 0.1) is 5.82 Å². The number of carbonyl (C=O) groups is 1. The minimum absolute atomic E-state index is 0.0585. The summed E-state index contributed by atoms with van der Waals surface area (Å²) in [6.07, 6.45) is 3.71. The Hall–Kier alpha value is -3.14. The lowest BCUT2D eigenvalue weighted by atomic mass is 9.79. The van der Waals surface area contributed by atoms with Crippen molar-refractivity contribution in [3.8, 4) is 0 Å². The molecule has 10 heteroatoms. The Balaban J connectivity index is 1.22. The van der Waals surface area contributed by atoms with Gasteiger partial charge >= 0.3 is 6.09 Å². The van der Waals surface area contributed by atoms with Gasteiger partial charge in [-0.3, -0.25) is 4.72 Å². The van der Waals surface area contributed by atoms with Crippen LogP contribution < -0.4 is 10.0 Å². The van der Waals surface area contributed by atoms with Gasteiger partial charge in [0.05, 0.1) is 17.7 Å². The predicted octanol–water partition coefficient (Wildman–Crippen LogP) is 3.93. The summed E-state index contributed by atoms with van der Waals surface area (Å²) in [5, 5.41) is 6.90. The molecule has 1 saturated carbocycles. The van der Waals surface area contributed by atoms with Crippen LogP contribution in [0.25, 0.3) is 0 Å². The summed E-state index contributed by atoms with van der Waals surface area (Å²) in [6.45, 7) is 0.0585. The third-order valence-electron chi connectivity index (χ3n) is 5.83. The summed E-state index contributed by atoms with van der Waals surface area (Å²) < 4.78 is 44.2. The van der Waals surface area contributed by atoms with Gasteiger partial charge in [-0.05, 0) is 48.9 Å². The molecule has 1 fully saturated rings. The third kappa shape index (κ3) is 6.01. The minimum atomic E-state index is -3.58. The minimum Gasteiger partial charge on any atom is -0.446 e. The molecule has 4 rings (SSSR count). The van der Waals surface area contributed by atoms with Gasteiger partial charge in [0.1, 0.15) is 17.5 Å². The molecule has 1 heterocycles. The van der Waals surface area contributed by atoms with Crippen molar-refractivity contribution in [1.82, 2.24) is 5.32 Å². The van der Waals surface area contributed by atoms with E-state index in [0.29, 0.717) is 18.4 Å². The van der Waals surface area contributed by atoms with Crippen LogP contribution in [0.1, 0.15) is 43.2 Å². The molecular formula is C23H26FN3O5S. The van der Waals surface area contributed by atoms with E-state index in [1.54, 1.807) is 0 Å². The van der Waals surface area contributed by atoms with Crippen molar-refractivity contribution in [2.45, 2.75) is 50.4 Å². The highest BCUT2D eigenvalue weighted by molar-refractivity contribution is 7.92. The van der Waals surface area contributed by atoms with E-state index in [1.165, 1.54) is 18.2 Å². The second-order valence-corrected chi connectivity index (χ2v) is 10.3. The molecule has 2 aromatic carbocycles. The lowest BCUT2D eigenvalue weighted by molar-refractivity contribution is -0.0695. The van der Waals surface area contributed by atoms with Gasteiger partial charge in [0.15, 0.2) is 0 Å². The van der Waals surface area contributed by atoms with Gasteiger partial charge < -0.3 is 14.9 Å². The molecule has 1 amide bonds. The Kier molecular flexibility index (Phi) is 6.55. The molecule has 1 spiro atoms. The van der Waals surface area contributed by atoms with E-state index in [-0.39, 0.29) is 23.9 Å². The Morgan fingerprint density at radius 3 is 2.61 bits per heavy atom. The largest absolute Gasteiger partial charge is 0.446 e. The van der Waals surface area contributed by atoms with Crippen LogP contribution >= 0.6 is 0 Å². The zero-order chi connectivity index (χ0) is 23.5. The van der Waals surface area contributed by atoms with Crippen molar-refractivity contribution in [3.05, 3.63) is 65.5 Å². The summed E-state index contributed by atoms with van der Waals surface area (Å²) in [7, 11) is -3.58. The van der Waals surface area contributed by atoms with Gasteiger partial charge in [0.2, 0.25) is 10.0 Å². The summed E-state index contributed by atoms with van der Waals surface area (Å²) in [5.41, 5.74) is 2.01. The molecule has 0 saturated heterocycles. The number of nitrogens with zero attached hydrogens (tertiary/aromatic N) is 1. The molecule has 2 aromatic rings. The number of anilines is 1. The molecule has 0 atom stereocenters. The number of alkyl carbamates (subject to hydrolysis) is 1. The average molecular weight is 476 g/mol. The zero-order valence-electron chi connectivity index (χ0n) is 18.2. The first-order chi connectivity index (χ1) is 15.7. The Morgan fingerprint density at radius 2 is 1.94 bits per heavy atom. The molecule has 33 heavy (non-hydrogen) atoms. The number of ether oxygens (including phenoxy) is 1. The second kappa shape index (κ2) is 9.38. The van der Waals surface area contributed by atoms with Crippen LogP contribution in [0.3, 0.4) is 0 Å². The van der Waals surface area contributed by atoms with Crippen LogP contribution in [0.2, 0.25) is 0 Å². The fraction of sp³-hybridized carbons (Fsp3) is 0.391. The maximum atomic E-state index is 14.1. The lowest BCUT2D eigenvalue weighted by Gasteiger charge is -2.34. The molecule has 2 aliphatic rings. The number of oxime groups is 1. The van der Waals surface area contributed by atoms with Crippen molar-refractivity contribution < 1.29 is 27.2 Å². The molecule has 2 N–H and O–H groups in total. The number of hydrogen-bond donors (Lipinski definition) is 2.